The second kappa shape index (κ2) is 6.49. The quantitative estimate of drug-likeness (QED) is 0.758. The van der Waals surface area contributed by atoms with Gasteiger partial charge < -0.3 is 5.32 Å². The summed E-state index contributed by atoms with van der Waals surface area (Å²) in [4.78, 5) is 13.0. The van der Waals surface area contributed by atoms with E-state index in [0.29, 0.717) is 19.4 Å². The summed E-state index contributed by atoms with van der Waals surface area (Å²) in [5, 5.41) is 13.2. The first-order valence-electron chi connectivity index (χ1n) is 6.90. The van der Waals surface area contributed by atoms with E-state index in [2.05, 4.69) is 21.6 Å². The zero-order valence-electron chi connectivity index (χ0n) is 11.5. The number of carbonyl (C=O) groups is 1. The van der Waals surface area contributed by atoms with Crippen LogP contribution in [-0.2, 0) is 17.6 Å². The Morgan fingerprint density at radius 3 is 3.00 bits per heavy atom. The van der Waals surface area contributed by atoms with E-state index in [4.69, 9.17) is 0 Å². The molecule has 0 aromatic carbocycles. The summed E-state index contributed by atoms with van der Waals surface area (Å²) in [6.07, 6.45) is 3.94. The SMILES string of the molecule is O=C(CCc1cccs1)NCCc1nnc2ccccn12. The smallest absolute Gasteiger partial charge is 0.220 e. The Morgan fingerprint density at radius 2 is 2.14 bits per heavy atom. The summed E-state index contributed by atoms with van der Waals surface area (Å²) >= 11 is 1.69. The zero-order valence-corrected chi connectivity index (χ0v) is 12.3. The third kappa shape index (κ3) is 3.46. The lowest BCUT2D eigenvalue weighted by molar-refractivity contribution is -0.121. The third-order valence-electron chi connectivity index (χ3n) is 3.23. The lowest BCUT2D eigenvalue weighted by Gasteiger charge is -2.04. The molecule has 21 heavy (non-hydrogen) atoms. The highest BCUT2D eigenvalue weighted by molar-refractivity contribution is 7.09. The number of aromatic nitrogens is 3. The van der Waals surface area contributed by atoms with Crippen molar-refractivity contribution in [1.29, 1.82) is 0 Å². The average Bonchev–Trinajstić information content (AvgIpc) is 3.15. The molecule has 0 atom stereocenters. The molecule has 0 aliphatic carbocycles. The molecule has 3 rings (SSSR count). The van der Waals surface area contributed by atoms with E-state index in [0.717, 1.165) is 17.9 Å². The van der Waals surface area contributed by atoms with Crippen molar-refractivity contribution in [2.75, 3.05) is 6.54 Å². The number of rotatable bonds is 6. The van der Waals surface area contributed by atoms with Gasteiger partial charge in [0.2, 0.25) is 5.91 Å². The molecule has 1 N–H and O–H groups in total. The second-order valence-corrected chi connectivity index (χ2v) is 5.76. The van der Waals surface area contributed by atoms with Gasteiger partial charge in [0, 0.05) is 30.5 Å². The topological polar surface area (TPSA) is 59.3 Å². The Kier molecular flexibility index (Phi) is 4.25. The maximum atomic E-state index is 11.8. The zero-order chi connectivity index (χ0) is 14.5. The number of thiophene rings is 1. The normalized spacial score (nSPS) is 10.9. The van der Waals surface area contributed by atoms with Gasteiger partial charge >= 0.3 is 0 Å². The van der Waals surface area contributed by atoms with Crippen LogP contribution in [-0.4, -0.2) is 27.0 Å². The van der Waals surface area contributed by atoms with Crippen LogP contribution >= 0.6 is 11.3 Å². The van der Waals surface area contributed by atoms with Crippen molar-refractivity contribution in [2.45, 2.75) is 19.3 Å². The van der Waals surface area contributed by atoms with Gasteiger partial charge in [0.15, 0.2) is 5.65 Å². The molecule has 1 amide bonds. The molecule has 108 valence electrons. The molecule has 0 bridgehead atoms. The van der Waals surface area contributed by atoms with Gasteiger partial charge in [0.1, 0.15) is 5.82 Å². The molecule has 0 radical (unpaired) electrons. The lowest BCUT2D eigenvalue weighted by Crippen LogP contribution is -2.26. The van der Waals surface area contributed by atoms with Crippen molar-refractivity contribution < 1.29 is 4.79 Å². The first kappa shape index (κ1) is 13.8. The molecule has 3 aromatic heterocycles. The lowest BCUT2D eigenvalue weighted by atomic mass is 10.2. The number of carbonyl (C=O) groups excluding carboxylic acids is 1. The Balaban J connectivity index is 1.46. The van der Waals surface area contributed by atoms with Crippen molar-refractivity contribution in [2.24, 2.45) is 0 Å². The maximum absolute atomic E-state index is 11.8. The molecule has 0 aliphatic heterocycles. The van der Waals surface area contributed by atoms with Crippen LogP contribution in [0.1, 0.15) is 17.1 Å². The molecule has 5 nitrogen and oxygen atoms in total. The molecule has 3 heterocycles. The maximum Gasteiger partial charge on any atom is 0.220 e. The summed E-state index contributed by atoms with van der Waals surface area (Å²) < 4.78 is 1.94. The fraction of sp³-hybridized carbons (Fsp3) is 0.267. The third-order valence-corrected chi connectivity index (χ3v) is 4.17. The number of fused-ring (bicyclic) bond motifs is 1. The molecule has 0 unspecified atom stereocenters. The van der Waals surface area contributed by atoms with Gasteiger partial charge in [0.25, 0.3) is 0 Å². The molecular formula is C15H16N4OS. The van der Waals surface area contributed by atoms with Gasteiger partial charge in [-0.05, 0) is 30.0 Å². The van der Waals surface area contributed by atoms with Crippen LogP contribution in [0.5, 0.6) is 0 Å². The van der Waals surface area contributed by atoms with Crippen molar-refractivity contribution in [3.8, 4) is 0 Å². The fourth-order valence-corrected chi connectivity index (χ4v) is 2.86. The van der Waals surface area contributed by atoms with Gasteiger partial charge in [-0.15, -0.1) is 21.5 Å². The van der Waals surface area contributed by atoms with E-state index in [1.165, 1.54) is 4.88 Å². The number of pyridine rings is 1. The summed E-state index contributed by atoms with van der Waals surface area (Å²) in [5.41, 5.74) is 0.830. The molecule has 0 spiro atoms. The van der Waals surface area contributed by atoms with E-state index in [1.54, 1.807) is 11.3 Å². The highest BCUT2D eigenvalue weighted by Gasteiger charge is 2.06. The van der Waals surface area contributed by atoms with Crippen molar-refractivity contribution in [1.82, 2.24) is 19.9 Å². The van der Waals surface area contributed by atoms with Crippen molar-refractivity contribution in [3.63, 3.8) is 0 Å². The first-order valence-corrected chi connectivity index (χ1v) is 7.78. The Labute approximate surface area is 126 Å². The number of aryl methyl sites for hydroxylation is 1. The predicted octanol–water partition coefficient (Wildman–Crippen LogP) is 2.08. The van der Waals surface area contributed by atoms with Gasteiger partial charge in [0.05, 0.1) is 0 Å². The van der Waals surface area contributed by atoms with Crippen LogP contribution in [0.15, 0.2) is 41.9 Å². The standard InChI is InChI=1S/C15H16N4OS/c20-15(7-6-12-4-3-11-21-12)16-9-8-14-18-17-13-5-1-2-10-19(13)14/h1-5,10-11H,6-9H2,(H,16,20). The van der Waals surface area contributed by atoms with Gasteiger partial charge in [-0.3, -0.25) is 9.20 Å². The molecule has 6 heteroatoms. The molecule has 0 saturated heterocycles. The molecule has 0 saturated carbocycles. The van der Waals surface area contributed by atoms with E-state index in [9.17, 15) is 4.79 Å². The summed E-state index contributed by atoms with van der Waals surface area (Å²) in [6, 6.07) is 9.85. The molecular weight excluding hydrogens is 284 g/mol. The van der Waals surface area contributed by atoms with Crippen LogP contribution in [0, 0.1) is 0 Å². The highest BCUT2D eigenvalue weighted by Crippen LogP contribution is 2.10. The highest BCUT2D eigenvalue weighted by atomic mass is 32.1. The number of hydrogen-bond donors (Lipinski definition) is 1. The van der Waals surface area contributed by atoms with Crippen LogP contribution < -0.4 is 5.32 Å². The van der Waals surface area contributed by atoms with Crippen LogP contribution in [0.4, 0.5) is 0 Å². The predicted molar refractivity (Wildman–Crippen MR) is 82.3 cm³/mol. The van der Waals surface area contributed by atoms with E-state index in [-0.39, 0.29) is 5.91 Å². The molecule has 3 aromatic rings. The Morgan fingerprint density at radius 1 is 1.19 bits per heavy atom. The summed E-state index contributed by atoms with van der Waals surface area (Å²) in [6.45, 7) is 0.582. The van der Waals surface area contributed by atoms with Gasteiger partial charge in [-0.2, -0.15) is 0 Å². The minimum atomic E-state index is 0.0808. The first-order chi connectivity index (χ1) is 10.3. The largest absolute Gasteiger partial charge is 0.356 e. The summed E-state index contributed by atoms with van der Waals surface area (Å²) in [7, 11) is 0. The van der Waals surface area contributed by atoms with E-state index in [1.807, 2.05) is 40.2 Å². The number of nitrogens with zero attached hydrogens (tertiary/aromatic N) is 3. The van der Waals surface area contributed by atoms with E-state index >= 15 is 0 Å². The Bertz CT molecular complexity index is 720. The van der Waals surface area contributed by atoms with Crippen molar-refractivity contribution in [3.05, 3.63) is 52.6 Å². The molecule has 0 fully saturated rings. The van der Waals surface area contributed by atoms with Crippen LogP contribution in [0.2, 0.25) is 0 Å². The monoisotopic (exact) mass is 300 g/mol. The number of hydrogen-bond acceptors (Lipinski definition) is 4. The Hall–Kier alpha value is -2.21. The van der Waals surface area contributed by atoms with Crippen LogP contribution in [0.3, 0.4) is 0 Å². The second-order valence-electron chi connectivity index (χ2n) is 4.72. The molecule has 0 aliphatic rings. The summed E-state index contributed by atoms with van der Waals surface area (Å²) in [5.74, 6) is 0.946. The number of nitrogens with one attached hydrogen (secondary N) is 1. The minimum absolute atomic E-state index is 0.0808. The van der Waals surface area contributed by atoms with Gasteiger partial charge in [-0.1, -0.05) is 12.1 Å². The van der Waals surface area contributed by atoms with E-state index < -0.39 is 0 Å². The van der Waals surface area contributed by atoms with Crippen molar-refractivity contribution >= 4 is 22.9 Å². The van der Waals surface area contributed by atoms with Gasteiger partial charge in [-0.25, -0.2) is 0 Å². The fourth-order valence-electron chi connectivity index (χ4n) is 2.16. The average molecular weight is 300 g/mol. The van der Waals surface area contributed by atoms with Crippen LogP contribution in [0.25, 0.3) is 5.65 Å². The number of amides is 1. The minimum Gasteiger partial charge on any atom is -0.356 e.